The van der Waals surface area contributed by atoms with Gasteiger partial charge < -0.3 is 10.1 Å². The van der Waals surface area contributed by atoms with Crippen molar-refractivity contribution in [3.05, 3.63) is 65.3 Å². The number of amides is 1. The highest BCUT2D eigenvalue weighted by atomic mass is 32.1. The predicted molar refractivity (Wildman–Crippen MR) is 127 cm³/mol. The van der Waals surface area contributed by atoms with Gasteiger partial charge in [0.25, 0.3) is 0 Å². The first-order valence-electron chi connectivity index (χ1n) is 10.9. The van der Waals surface area contributed by atoms with Gasteiger partial charge in [-0.2, -0.15) is 0 Å². The Kier molecular flexibility index (Phi) is 7.33. The SMILES string of the molecule is Cc1cc(-c2csc(NC(=O)Cc3cccc(OCCN4CCCCC4)c3)c2)ccn1. The summed E-state index contributed by atoms with van der Waals surface area (Å²) in [4.78, 5) is 19.3. The summed E-state index contributed by atoms with van der Waals surface area (Å²) in [5.74, 6) is 0.804. The molecule has 4 rings (SSSR count). The van der Waals surface area contributed by atoms with Gasteiger partial charge in [-0.3, -0.25) is 14.7 Å². The van der Waals surface area contributed by atoms with Crippen molar-refractivity contribution in [2.24, 2.45) is 0 Å². The molecule has 0 bridgehead atoms. The molecule has 0 saturated carbocycles. The zero-order chi connectivity index (χ0) is 21.5. The number of nitrogens with one attached hydrogen (secondary N) is 1. The van der Waals surface area contributed by atoms with Gasteiger partial charge >= 0.3 is 0 Å². The molecular formula is C25H29N3O2S. The number of nitrogens with zero attached hydrogens (tertiary/aromatic N) is 2. The zero-order valence-electron chi connectivity index (χ0n) is 18.0. The van der Waals surface area contributed by atoms with Gasteiger partial charge in [0.05, 0.1) is 11.4 Å². The van der Waals surface area contributed by atoms with Gasteiger partial charge in [0.15, 0.2) is 0 Å². The zero-order valence-corrected chi connectivity index (χ0v) is 18.8. The number of aryl methyl sites for hydroxylation is 1. The Morgan fingerprint density at radius 3 is 2.84 bits per heavy atom. The van der Waals surface area contributed by atoms with E-state index in [1.807, 2.05) is 55.6 Å². The Labute approximate surface area is 188 Å². The summed E-state index contributed by atoms with van der Waals surface area (Å²) in [7, 11) is 0. The maximum absolute atomic E-state index is 12.6. The van der Waals surface area contributed by atoms with Crippen LogP contribution in [0.2, 0.25) is 0 Å². The normalized spacial score (nSPS) is 14.4. The molecule has 5 nitrogen and oxygen atoms in total. The van der Waals surface area contributed by atoms with Gasteiger partial charge in [-0.05, 0) is 79.9 Å². The third-order valence-corrected chi connectivity index (χ3v) is 6.33. The number of carbonyl (C=O) groups excluding carboxylic acids is 1. The molecule has 0 unspecified atom stereocenters. The molecule has 6 heteroatoms. The summed E-state index contributed by atoms with van der Waals surface area (Å²) < 4.78 is 5.93. The smallest absolute Gasteiger partial charge is 0.229 e. The molecule has 2 aromatic heterocycles. The van der Waals surface area contributed by atoms with Crippen LogP contribution in [0, 0.1) is 6.92 Å². The third-order valence-electron chi connectivity index (χ3n) is 5.48. The lowest BCUT2D eigenvalue weighted by Crippen LogP contribution is -2.33. The van der Waals surface area contributed by atoms with Gasteiger partial charge in [0.1, 0.15) is 12.4 Å². The maximum atomic E-state index is 12.6. The highest BCUT2D eigenvalue weighted by molar-refractivity contribution is 7.14. The van der Waals surface area contributed by atoms with Crippen LogP contribution in [0.4, 0.5) is 5.00 Å². The fourth-order valence-electron chi connectivity index (χ4n) is 3.87. The molecule has 1 aliphatic heterocycles. The topological polar surface area (TPSA) is 54.5 Å². The number of piperidine rings is 1. The van der Waals surface area contributed by atoms with Crippen LogP contribution >= 0.6 is 11.3 Å². The van der Waals surface area contributed by atoms with Crippen LogP contribution in [0.25, 0.3) is 11.1 Å². The van der Waals surface area contributed by atoms with Crippen molar-refractivity contribution in [3.8, 4) is 16.9 Å². The average molecular weight is 436 g/mol. The monoisotopic (exact) mass is 435 g/mol. The molecule has 0 radical (unpaired) electrons. The first kappa shape index (κ1) is 21.5. The number of likely N-dealkylation sites (tertiary alicyclic amines) is 1. The van der Waals surface area contributed by atoms with Crippen molar-refractivity contribution in [1.29, 1.82) is 0 Å². The average Bonchev–Trinajstić information content (AvgIpc) is 3.23. The second kappa shape index (κ2) is 10.6. The molecule has 1 aromatic carbocycles. The molecular weight excluding hydrogens is 406 g/mol. The Hall–Kier alpha value is -2.70. The van der Waals surface area contributed by atoms with Crippen LogP contribution in [0.5, 0.6) is 5.75 Å². The summed E-state index contributed by atoms with van der Waals surface area (Å²) in [6.07, 6.45) is 6.06. The number of carbonyl (C=O) groups is 1. The maximum Gasteiger partial charge on any atom is 0.229 e. The number of thiophene rings is 1. The molecule has 1 amide bonds. The van der Waals surface area contributed by atoms with Gasteiger partial charge in [0, 0.05) is 23.8 Å². The number of aromatic nitrogens is 1. The van der Waals surface area contributed by atoms with E-state index in [1.54, 1.807) is 0 Å². The fourth-order valence-corrected chi connectivity index (χ4v) is 4.69. The Morgan fingerprint density at radius 1 is 1.13 bits per heavy atom. The van der Waals surface area contributed by atoms with Crippen LogP contribution in [-0.4, -0.2) is 42.0 Å². The Morgan fingerprint density at radius 2 is 2.00 bits per heavy atom. The molecule has 0 atom stereocenters. The van der Waals surface area contributed by atoms with E-state index < -0.39 is 0 Å². The van der Waals surface area contributed by atoms with Gasteiger partial charge in [-0.1, -0.05) is 18.6 Å². The van der Waals surface area contributed by atoms with Crippen molar-refractivity contribution >= 4 is 22.2 Å². The van der Waals surface area contributed by atoms with Crippen LogP contribution in [0.1, 0.15) is 30.5 Å². The molecule has 1 fully saturated rings. The lowest BCUT2D eigenvalue weighted by molar-refractivity contribution is -0.115. The molecule has 0 aliphatic carbocycles. The van der Waals surface area contributed by atoms with Crippen molar-refractivity contribution < 1.29 is 9.53 Å². The Balaban J connectivity index is 1.28. The summed E-state index contributed by atoms with van der Waals surface area (Å²) in [6.45, 7) is 5.97. The van der Waals surface area contributed by atoms with E-state index in [0.717, 1.165) is 39.7 Å². The first-order chi connectivity index (χ1) is 15.2. The second-order valence-corrected chi connectivity index (χ2v) is 8.92. The number of hydrogen-bond acceptors (Lipinski definition) is 5. The standard InChI is InChI=1S/C25H29N3O2S/c1-19-14-21(8-9-26-19)22-17-25(31-18-22)27-24(29)16-20-6-5-7-23(15-20)30-13-12-28-10-3-2-4-11-28/h5-9,14-15,17-18H,2-4,10-13,16H2,1H3,(H,27,29). The van der Waals surface area contributed by atoms with Crippen LogP contribution in [-0.2, 0) is 11.2 Å². The van der Waals surface area contributed by atoms with E-state index in [0.29, 0.717) is 13.0 Å². The van der Waals surface area contributed by atoms with Crippen molar-refractivity contribution in [2.75, 3.05) is 31.6 Å². The highest BCUT2D eigenvalue weighted by Gasteiger charge is 2.11. The number of ether oxygens (including phenoxy) is 1. The largest absolute Gasteiger partial charge is 0.492 e. The van der Waals surface area contributed by atoms with Gasteiger partial charge in [-0.25, -0.2) is 0 Å². The summed E-state index contributed by atoms with van der Waals surface area (Å²) in [6, 6.07) is 13.9. The van der Waals surface area contributed by atoms with Gasteiger partial charge in [-0.15, -0.1) is 11.3 Å². The molecule has 162 valence electrons. The van der Waals surface area contributed by atoms with Crippen LogP contribution in [0.3, 0.4) is 0 Å². The molecule has 1 aliphatic rings. The second-order valence-electron chi connectivity index (χ2n) is 8.01. The van der Waals surface area contributed by atoms with E-state index in [2.05, 4.69) is 20.6 Å². The minimum absolute atomic E-state index is 0.0234. The summed E-state index contributed by atoms with van der Waals surface area (Å²) in [5.41, 5.74) is 4.13. The van der Waals surface area contributed by atoms with Gasteiger partial charge in [0.2, 0.25) is 5.91 Å². The fraction of sp³-hybridized carbons (Fsp3) is 0.360. The highest BCUT2D eigenvalue weighted by Crippen LogP contribution is 2.29. The number of rotatable bonds is 8. The van der Waals surface area contributed by atoms with Crippen molar-refractivity contribution in [3.63, 3.8) is 0 Å². The van der Waals surface area contributed by atoms with Crippen molar-refractivity contribution in [2.45, 2.75) is 32.6 Å². The predicted octanol–water partition coefficient (Wildman–Crippen LogP) is 5.16. The molecule has 1 N–H and O–H groups in total. The van der Waals surface area contributed by atoms with Crippen LogP contribution < -0.4 is 10.1 Å². The molecule has 0 spiro atoms. The minimum Gasteiger partial charge on any atom is -0.492 e. The molecule has 3 aromatic rings. The van der Waals surface area contributed by atoms with E-state index in [9.17, 15) is 4.79 Å². The number of pyridine rings is 1. The third kappa shape index (κ3) is 6.39. The van der Waals surface area contributed by atoms with Crippen molar-refractivity contribution in [1.82, 2.24) is 9.88 Å². The molecule has 31 heavy (non-hydrogen) atoms. The van der Waals surface area contributed by atoms with Crippen LogP contribution in [0.15, 0.2) is 54.0 Å². The first-order valence-corrected chi connectivity index (χ1v) is 11.8. The number of hydrogen-bond donors (Lipinski definition) is 1. The summed E-state index contributed by atoms with van der Waals surface area (Å²) >= 11 is 1.54. The molecule has 1 saturated heterocycles. The lowest BCUT2D eigenvalue weighted by atomic mass is 10.1. The quantitative estimate of drug-likeness (QED) is 0.531. The van der Waals surface area contributed by atoms with E-state index in [-0.39, 0.29) is 5.91 Å². The lowest BCUT2D eigenvalue weighted by Gasteiger charge is -2.26. The number of anilines is 1. The summed E-state index contributed by atoms with van der Waals surface area (Å²) in [5, 5.41) is 5.92. The van der Waals surface area contributed by atoms with E-state index in [1.165, 1.54) is 43.7 Å². The minimum atomic E-state index is -0.0234. The van der Waals surface area contributed by atoms with E-state index >= 15 is 0 Å². The number of benzene rings is 1. The van der Waals surface area contributed by atoms with E-state index in [4.69, 9.17) is 4.74 Å². The molecule has 3 heterocycles. The Bertz CT molecular complexity index is 1010.